The second-order valence-electron chi connectivity index (χ2n) is 5.47. The Morgan fingerprint density at radius 1 is 0.808 bits per heavy atom. The summed E-state index contributed by atoms with van der Waals surface area (Å²) in [6.45, 7) is 0. The van der Waals surface area contributed by atoms with Crippen molar-refractivity contribution in [3.63, 3.8) is 0 Å². The third-order valence-electron chi connectivity index (χ3n) is 3.61. The van der Waals surface area contributed by atoms with Crippen LogP contribution in [0, 0.1) is 0 Å². The van der Waals surface area contributed by atoms with Crippen LogP contribution in [0.15, 0.2) is 83.8 Å². The number of phenols is 1. The number of carbonyl (C=O) groups is 1. The number of benzene rings is 3. The molecule has 0 aliphatic carbocycles. The zero-order valence-corrected chi connectivity index (χ0v) is 14.4. The lowest BCUT2D eigenvalue weighted by Gasteiger charge is -2.10. The van der Waals surface area contributed by atoms with Gasteiger partial charge in [0.05, 0.1) is 10.6 Å². The Morgan fingerprint density at radius 3 is 2.08 bits per heavy atom. The van der Waals surface area contributed by atoms with Crippen molar-refractivity contribution in [2.45, 2.75) is 4.90 Å². The molecule has 0 fully saturated rings. The van der Waals surface area contributed by atoms with Gasteiger partial charge in [-0.1, -0.05) is 30.3 Å². The summed E-state index contributed by atoms with van der Waals surface area (Å²) in [5, 5.41) is 12.3. The summed E-state index contributed by atoms with van der Waals surface area (Å²) in [6, 6.07) is 20.4. The smallest absolute Gasteiger partial charge is 0.261 e. The number of amides is 1. The minimum Gasteiger partial charge on any atom is -0.506 e. The summed E-state index contributed by atoms with van der Waals surface area (Å²) in [5.41, 5.74) is 0.968. The van der Waals surface area contributed by atoms with E-state index in [0.717, 1.165) is 0 Å². The molecule has 0 aromatic heterocycles. The summed E-state index contributed by atoms with van der Waals surface area (Å²) in [6.07, 6.45) is 0. The average molecular weight is 368 g/mol. The molecule has 0 atom stereocenters. The summed E-state index contributed by atoms with van der Waals surface area (Å²) in [5.74, 6) is -0.447. The van der Waals surface area contributed by atoms with Crippen molar-refractivity contribution >= 4 is 27.3 Å². The van der Waals surface area contributed by atoms with Crippen LogP contribution in [0.5, 0.6) is 5.75 Å². The van der Waals surface area contributed by atoms with Gasteiger partial charge < -0.3 is 10.4 Å². The second-order valence-corrected chi connectivity index (χ2v) is 7.15. The van der Waals surface area contributed by atoms with E-state index in [1.807, 2.05) is 0 Å². The Bertz CT molecular complexity index is 1020. The van der Waals surface area contributed by atoms with Gasteiger partial charge in [-0.05, 0) is 48.5 Å². The van der Waals surface area contributed by atoms with Crippen molar-refractivity contribution in [3.8, 4) is 5.75 Å². The molecule has 3 N–H and O–H groups in total. The summed E-state index contributed by atoms with van der Waals surface area (Å²) in [7, 11) is -3.68. The molecular formula is C19H16N2O4S. The highest BCUT2D eigenvalue weighted by atomic mass is 32.2. The number of para-hydroxylation sites is 2. The maximum atomic E-state index is 12.3. The lowest BCUT2D eigenvalue weighted by molar-refractivity contribution is 0.102. The number of hydrogen-bond donors (Lipinski definition) is 3. The maximum absolute atomic E-state index is 12.3. The summed E-state index contributed by atoms with van der Waals surface area (Å²) in [4.78, 5) is 12.4. The Morgan fingerprint density at radius 2 is 1.42 bits per heavy atom. The van der Waals surface area contributed by atoms with E-state index in [4.69, 9.17) is 0 Å². The molecule has 26 heavy (non-hydrogen) atoms. The van der Waals surface area contributed by atoms with Gasteiger partial charge in [-0.2, -0.15) is 0 Å². The van der Waals surface area contributed by atoms with Crippen molar-refractivity contribution in [3.05, 3.63) is 84.4 Å². The van der Waals surface area contributed by atoms with E-state index in [9.17, 15) is 18.3 Å². The Labute approximate surface area is 151 Å². The molecule has 0 saturated carbocycles. The Hall–Kier alpha value is -3.32. The van der Waals surface area contributed by atoms with Crippen LogP contribution in [-0.4, -0.2) is 19.4 Å². The normalized spacial score (nSPS) is 10.9. The standard InChI is InChI=1S/C19H16N2O4S/c22-18-9-5-4-8-17(18)20-19(23)14-10-12-15(13-11-14)21-26(24,25)16-6-2-1-3-7-16/h1-13,21-22H,(H,20,23). The zero-order chi connectivity index (χ0) is 18.6. The zero-order valence-electron chi connectivity index (χ0n) is 13.6. The molecule has 0 spiro atoms. The molecule has 3 aromatic rings. The third kappa shape index (κ3) is 4.01. The fraction of sp³-hybridized carbons (Fsp3) is 0. The number of aromatic hydroxyl groups is 1. The Balaban J connectivity index is 1.72. The highest BCUT2D eigenvalue weighted by Crippen LogP contribution is 2.23. The van der Waals surface area contributed by atoms with Crippen LogP contribution in [0.4, 0.5) is 11.4 Å². The van der Waals surface area contributed by atoms with Gasteiger partial charge in [0, 0.05) is 11.3 Å². The molecule has 0 aliphatic heterocycles. The first-order valence-corrected chi connectivity index (χ1v) is 9.21. The van der Waals surface area contributed by atoms with Crippen LogP contribution < -0.4 is 10.0 Å². The van der Waals surface area contributed by atoms with E-state index in [0.29, 0.717) is 16.9 Å². The number of sulfonamides is 1. The van der Waals surface area contributed by atoms with Gasteiger partial charge in [0.25, 0.3) is 15.9 Å². The number of anilines is 2. The van der Waals surface area contributed by atoms with Crippen LogP contribution >= 0.6 is 0 Å². The molecule has 0 aliphatic rings. The molecule has 3 aromatic carbocycles. The average Bonchev–Trinajstić information content (AvgIpc) is 2.64. The molecule has 3 rings (SSSR count). The van der Waals surface area contributed by atoms with Gasteiger partial charge in [0.2, 0.25) is 0 Å². The molecule has 0 bridgehead atoms. The first kappa shape index (κ1) is 17.5. The lowest BCUT2D eigenvalue weighted by atomic mass is 10.2. The minimum atomic E-state index is -3.68. The van der Waals surface area contributed by atoms with Crippen molar-refractivity contribution in [2.75, 3.05) is 10.0 Å². The largest absolute Gasteiger partial charge is 0.506 e. The van der Waals surface area contributed by atoms with E-state index in [-0.39, 0.29) is 10.6 Å². The van der Waals surface area contributed by atoms with Crippen molar-refractivity contribution in [1.29, 1.82) is 0 Å². The van der Waals surface area contributed by atoms with E-state index < -0.39 is 15.9 Å². The van der Waals surface area contributed by atoms with E-state index in [2.05, 4.69) is 10.0 Å². The summed E-state index contributed by atoms with van der Waals surface area (Å²) >= 11 is 0. The molecule has 0 radical (unpaired) electrons. The van der Waals surface area contributed by atoms with E-state index >= 15 is 0 Å². The van der Waals surface area contributed by atoms with Crippen LogP contribution in [0.25, 0.3) is 0 Å². The number of phenolic OH excluding ortho intramolecular Hbond substituents is 1. The van der Waals surface area contributed by atoms with Gasteiger partial charge in [-0.15, -0.1) is 0 Å². The van der Waals surface area contributed by atoms with Crippen molar-refractivity contribution < 1.29 is 18.3 Å². The minimum absolute atomic E-state index is 0.0342. The van der Waals surface area contributed by atoms with Gasteiger partial charge in [0.15, 0.2) is 0 Å². The Kier molecular flexibility index (Phi) is 4.90. The maximum Gasteiger partial charge on any atom is 0.261 e. The lowest BCUT2D eigenvalue weighted by Crippen LogP contribution is -2.14. The van der Waals surface area contributed by atoms with Gasteiger partial charge in [-0.25, -0.2) is 8.42 Å². The fourth-order valence-corrected chi connectivity index (χ4v) is 3.36. The third-order valence-corrected chi connectivity index (χ3v) is 5.00. The fourth-order valence-electron chi connectivity index (χ4n) is 2.28. The van der Waals surface area contributed by atoms with E-state index in [1.54, 1.807) is 36.4 Å². The molecule has 0 heterocycles. The molecule has 0 saturated heterocycles. The molecule has 0 unspecified atom stereocenters. The number of carbonyl (C=O) groups excluding carboxylic acids is 1. The van der Waals surface area contributed by atoms with Crippen molar-refractivity contribution in [2.24, 2.45) is 0 Å². The topological polar surface area (TPSA) is 95.5 Å². The molecule has 7 heteroatoms. The second kappa shape index (κ2) is 7.28. The number of hydrogen-bond acceptors (Lipinski definition) is 4. The molecule has 132 valence electrons. The summed E-state index contributed by atoms with van der Waals surface area (Å²) < 4.78 is 27.0. The van der Waals surface area contributed by atoms with Crippen LogP contribution in [0.2, 0.25) is 0 Å². The first-order valence-electron chi connectivity index (χ1n) is 7.73. The van der Waals surface area contributed by atoms with Gasteiger partial charge in [0.1, 0.15) is 5.75 Å². The van der Waals surface area contributed by atoms with E-state index in [1.165, 1.54) is 42.5 Å². The quantitative estimate of drug-likeness (QED) is 0.601. The molecule has 1 amide bonds. The van der Waals surface area contributed by atoms with Crippen LogP contribution in [0.1, 0.15) is 10.4 Å². The first-order chi connectivity index (χ1) is 12.5. The number of nitrogens with one attached hydrogen (secondary N) is 2. The highest BCUT2D eigenvalue weighted by Gasteiger charge is 2.14. The monoisotopic (exact) mass is 368 g/mol. The van der Waals surface area contributed by atoms with Gasteiger partial charge >= 0.3 is 0 Å². The van der Waals surface area contributed by atoms with Crippen LogP contribution in [0.3, 0.4) is 0 Å². The number of rotatable bonds is 5. The predicted octanol–water partition coefficient (Wildman–Crippen LogP) is 3.45. The predicted molar refractivity (Wildman–Crippen MR) is 99.8 cm³/mol. The molecule has 6 nitrogen and oxygen atoms in total. The van der Waals surface area contributed by atoms with Crippen molar-refractivity contribution in [1.82, 2.24) is 0 Å². The van der Waals surface area contributed by atoms with Gasteiger partial charge in [-0.3, -0.25) is 9.52 Å². The SMILES string of the molecule is O=C(Nc1ccccc1O)c1ccc(NS(=O)(=O)c2ccccc2)cc1. The molecular weight excluding hydrogens is 352 g/mol. The van der Waals surface area contributed by atoms with Crippen LogP contribution in [-0.2, 0) is 10.0 Å². The highest BCUT2D eigenvalue weighted by molar-refractivity contribution is 7.92.